The number of halogens is 1. The molecule has 0 unspecified atom stereocenters. The average molecular weight is 250 g/mol. The Kier molecular flexibility index (Phi) is 5.01. The van der Waals surface area contributed by atoms with E-state index in [1.807, 2.05) is 48.5 Å². The Labute approximate surface area is 108 Å². The van der Waals surface area contributed by atoms with Gasteiger partial charge in [0.25, 0.3) is 0 Å². The highest BCUT2D eigenvalue weighted by atomic mass is 35.5. The summed E-state index contributed by atoms with van der Waals surface area (Å²) in [5.41, 5.74) is 7.88. The van der Waals surface area contributed by atoms with Gasteiger partial charge in [0.1, 0.15) is 11.5 Å². The molecule has 2 nitrogen and oxygen atoms in total. The van der Waals surface area contributed by atoms with Gasteiger partial charge in [0.2, 0.25) is 0 Å². The maximum atomic E-state index is 5.72. The highest BCUT2D eigenvalue weighted by Crippen LogP contribution is 2.22. The first-order valence-electron chi connectivity index (χ1n) is 5.31. The number of hydrogen-bond donors (Lipinski definition) is 1. The number of nitrogens with two attached hydrogens (primary N) is 1. The van der Waals surface area contributed by atoms with Crippen LogP contribution in [0, 0.1) is 6.92 Å². The molecule has 0 heterocycles. The lowest BCUT2D eigenvalue weighted by Gasteiger charge is -2.07. The van der Waals surface area contributed by atoms with Gasteiger partial charge in [0.05, 0.1) is 0 Å². The summed E-state index contributed by atoms with van der Waals surface area (Å²) in [5, 5.41) is 0. The van der Waals surface area contributed by atoms with Crippen molar-refractivity contribution in [1.82, 2.24) is 0 Å². The molecule has 0 saturated heterocycles. The second kappa shape index (κ2) is 6.28. The lowest BCUT2D eigenvalue weighted by atomic mass is 10.2. The average Bonchev–Trinajstić information content (AvgIpc) is 2.32. The van der Waals surface area contributed by atoms with Crippen molar-refractivity contribution in [3.63, 3.8) is 0 Å². The van der Waals surface area contributed by atoms with Crippen LogP contribution in [0.3, 0.4) is 0 Å². The lowest BCUT2D eigenvalue weighted by Crippen LogP contribution is -1.96. The first-order chi connectivity index (χ1) is 7.78. The van der Waals surface area contributed by atoms with Crippen LogP contribution in [-0.2, 0) is 6.54 Å². The summed E-state index contributed by atoms with van der Waals surface area (Å²) in [6.45, 7) is 2.59. The predicted octanol–water partition coefficient (Wildman–Crippen LogP) is 3.67. The zero-order chi connectivity index (χ0) is 11.4. The summed E-state index contributed by atoms with van der Waals surface area (Å²) in [5.74, 6) is 1.67. The largest absolute Gasteiger partial charge is 0.457 e. The highest BCUT2D eigenvalue weighted by molar-refractivity contribution is 5.85. The smallest absolute Gasteiger partial charge is 0.127 e. The SMILES string of the molecule is Cc1ccc(Oc2cccc(CN)c2)cc1.Cl. The molecule has 0 aliphatic carbocycles. The van der Waals surface area contributed by atoms with Gasteiger partial charge in [-0.05, 0) is 36.8 Å². The molecule has 2 N–H and O–H groups in total. The number of aryl methyl sites for hydroxylation is 1. The van der Waals surface area contributed by atoms with Crippen molar-refractivity contribution in [2.75, 3.05) is 0 Å². The Bertz CT molecular complexity index is 468. The van der Waals surface area contributed by atoms with E-state index >= 15 is 0 Å². The standard InChI is InChI=1S/C14H15NO.ClH/c1-11-5-7-13(8-6-11)16-14-4-2-3-12(9-14)10-15;/h2-9H,10,15H2,1H3;1H. The summed E-state index contributed by atoms with van der Waals surface area (Å²) in [4.78, 5) is 0. The fourth-order valence-corrected chi connectivity index (χ4v) is 1.48. The van der Waals surface area contributed by atoms with Crippen molar-refractivity contribution < 1.29 is 4.74 Å². The molecule has 2 rings (SSSR count). The van der Waals surface area contributed by atoms with Crippen molar-refractivity contribution in [2.45, 2.75) is 13.5 Å². The topological polar surface area (TPSA) is 35.2 Å². The molecule has 0 bridgehead atoms. The van der Waals surface area contributed by atoms with E-state index in [0.29, 0.717) is 6.54 Å². The summed E-state index contributed by atoms with van der Waals surface area (Å²) in [6.07, 6.45) is 0. The van der Waals surface area contributed by atoms with Gasteiger partial charge in [-0.25, -0.2) is 0 Å². The van der Waals surface area contributed by atoms with Crippen LogP contribution in [-0.4, -0.2) is 0 Å². The number of rotatable bonds is 3. The molecule has 17 heavy (non-hydrogen) atoms. The van der Waals surface area contributed by atoms with Crippen LogP contribution in [0.4, 0.5) is 0 Å². The summed E-state index contributed by atoms with van der Waals surface area (Å²) in [7, 11) is 0. The molecule has 2 aromatic carbocycles. The molecule has 3 heteroatoms. The van der Waals surface area contributed by atoms with Gasteiger partial charge in [-0.3, -0.25) is 0 Å². The van der Waals surface area contributed by atoms with Gasteiger partial charge in [-0.15, -0.1) is 12.4 Å². The van der Waals surface area contributed by atoms with Crippen molar-refractivity contribution in [1.29, 1.82) is 0 Å². The normalized spacial score (nSPS) is 9.53. The maximum Gasteiger partial charge on any atom is 0.127 e. The fourth-order valence-electron chi connectivity index (χ4n) is 1.48. The molecule has 90 valence electrons. The molecule has 0 atom stereocenters. The van der Waals surface area contributed by atoms with Crippen molar-refractivity contribution >= 4 is 12.4 Å². The highest BCUT2D eigenvalue weighted by Gasteiger charge is 1.97. The van der Waals surface area contributed by atoms with Crippen LogP contribution in [0.1, 0.15) is 11.1 Å². The zero-order valence-corrected chi connectivity index (χ0v) is 10.5. The molecule has 0 fully saturated rings. The second-order valence-corrected chi connectivity index (χ2v) is 3.77. The van der Waals surface area contributed by atoms with Crippen molar-refractivity contribution in [3.8, 4) is 11.5 Å². The summed E-state index contributed by atoms with van der Waals surface area (Å²) >= 11 is 0. The van der Waals surface area contributed by atoms with Gasteiger partial charge >= 0.3 is 0 Å². The lowest BCUT2D eigenvalue weighted by molar-refractivity contribution is 0.482. The first-order valence-corrected chi connectivity index (χ1v) is 5.31. The third kappa shape index (κ3) is 3.77. The predicted molar refractivity (Wildman–Crippen MR) is 72.8 cm³/mol. The van der Waals surface area contributed by atoms with E-state index in [4.69, 9.17) is 10.5 Å². The molecule has 0 radical (unpaired) electrons. The molecular formula is C14H16ClNO. The molecular weight excluding hydrogens is 234 g/mol. The first kappa shape index (κ1) is 13.6. The van der Waals surface area contributed by atoms with Crippen LogP contribution in [0.2, 0.25) is 0 Å². The molecule has 0 aliphatic heterocycles. The van der Waals surface area contributed by atoms with Gasteiger partial charge in [0.15, 0.2) is 0 Å². The van der Waals surface area contributed by atoms with Crippen molar-refractivity contribution in [2.24, 2.45) is 5.73 Å². The van der Waals surface area contributed by atoms with E-state index in [2.05, 4.69) is 6.92 Å². The van der Waals surface area contributed by atoms with E-state index in [0.717, 1.165) is 17.1 Å². The monoisotopic (exact) mass is 249 g/mol. The second-order valence-electron chi connectivity index (χ2n) is 3.77. The van der Waals surface area contributed by atoms with Crippen LogP contribution in [0.5, 0.6) is 11.5 Å². The van der Waals surface area contributed by atoms with Gasteiger partial charge < -0.3 is 10.5 Å². The fraction of sp³-hybridized carbons (Fsp3) is 0.143. The van der Waals surface area contributed by atoms with Crippen molar-refractivity contribution in [3.05, 3.63) is 59.7 Å². The van der Waals surface area contributed by atoms with E-state index in [-0.39, 0.29) is 12.4 Å². The third-order valence-electron chi connectivity index (χ3n) is 2.39. The Morgan fingerprint density at radius 2 is 1.71 bits per heavy atom. The molecule has 2 aromatic rings. The number of benzene rings is 2. The molecule has 0 amide bonds. The quantitative estimate of drug-likeness (QED) is 0.901. The van der Waals surface area contributed by atoms with E-state index in [1.54, 1.807) is 0 Å². The van der Waals surface area contributed by atoms with Gasteiger partial charge in [-0.1, -0.05) is 29.8 Å². The van der Waals surface area contributed by atoms with Crippen LogP contribution in [0.25, 0.3) is 0 Å². The Morgan fingerprint density at radius 3 is 2.35 bits per heavy atom. The Hall–Kier alpha value is -1.51. The van der Waals surface area contributed by atoms with Crippen LogP contribution in [0.15, 0.2) is 48.5 Å². The van der Waals surface area contributed by atoms with E-state index in [9.17, 15) is 0 Å². The van der Waals surface area contributed by atoms with Gasteiger partial charge in [0, 0.05) is 6.54 Å². The number of ether oxygens (including phenoxy) is 1. The minimum absolute atomic E-state index is 0. The number of hydrogen-bond acceptors (Lipinski definition) is 2. The Morgan fingerprint density at radius 1 is 1.00 bits per heavy atom. The summed E-state index contributed by atoms with van der Waals surface area (Å²) in [6, 6.07) is 15.8. The minimum atomic E-state index is 0. The molecule has 0 aliphatic rings. The summed E-state index contributed by atoms with van der Waals surface area (Å²) < 4.78 is 5.72. The molecule has 0 saturated carbocycles. The third-order valence-corrected chi connectivity index (χ3v) is 2.39. The van der Waals surface area contributed by atoms with E-state index < -0.39 is 0 Å². The van der Waals surface area contributed by atoms with Crippen LogP contribution < -0.4 is 10.5 Å². The van der Waals surface area contributed by atoms with E-state index in [1.165, 1.54) is 5.56 Å². The Balaban J connectivity index is 0.00000144. The van der Waals surface area contributed by atoms with Gasteiger partial charge in [-0.2, -0.15) is 0 Å². The minimum Gasteiger partial charge on any atom is -0.457 e. The molecule has 0 aromatic heterocycles. The molecule has 0 spiro atoms. The van der Waals surface area contributed by atoms with Crippen LogP contribution >= 0.6 is 12.4 Å². The zero-order valence-electron chi connectivity index (χ0n) is 9.72. The maximum absolute atomic E-state index is 5.72.